The number of anilines is 1. The summed E-state index contributed by atoms with van der Waals surface area (Å²) in [5, 5.41) is 11.0. The molecule has 6 aromatic rings. The molecular weight excluding hydrogens is 471 g/mol. The summed E-state index contributed by atoms with van der Waals surface area (Å²) in [6.45, 7) is 3.63. The van der Waals surface area contributed by atoms with E-state index in [1.54, 1.807) is 31.7 Å². The first-order valence-electron chi connectivity index (χ1n) is 11.7. The maximum Gasteiger partial charge on any atom is 0.224 e. The number of carbonyl (C=O) groups excluding carboxylic acids is 1. The fourth-order valence-corrected chi connectivity index (χ4v) is 4.29. The van der Waals surface area contributed by atoms with Gasteiger partial charge in [-0.05, 0) is 48.9 Å². The molecule has 5 heterocycles. The average Bonchev–Trinajstić information content (AvgIpc) is 3.51. The zero-order valence-corrected chi connectivity index (χ0v) is 20.0. The van der Waals surface area contributed by atoms with Crippen LogP contribution in [0.2, 0.25) is 0 Å². The Labute approximate surface area is 210 Å². The number of nitrogens with one attached hydrogen (secondary N) is 3. The second-order valence-electron chi connectivity index (χ2n) is 8.71. The van der Waals surface area contributed by atoms with Gasteiger partial charge >= 0.3 is 0 Å². The molecule has 5 aromatic heterocycles. The molecule has 10 heteroatoms. The van der Waals surface area contributed by atoms with Crippen molar-refractivity contribution in [3.05, 3.63) is 72.6 Å². The van der Waals surface area contributed by atoms with Crippen LogP contribution in [0.5, 0.6) is 0 Å². The number of carbonyl (C=O) groups is 1. The maximum absolute atomic E-state index is 14.1. The van der Waals surface area contributed by atoms with Crippen LogP contribution in [-0.2, 0) is 4.79 Å². The van der Waals surface area contributed by atoms with Crippen molar-refractivity contribution >= 4 is 33.7 Å². The third-order valence-electron chi connectivity index (χ3n) is 6.03. The van der Waals surface area contributed by atoms with Gasteiger partial charge in [-0.15, -0.1) is 0 Å². The molecule has 0 spiro atoms. The fourth-order valence-electron chi connectivity index (χ4n) is 4.29. The summed E-state index contributed by atoms with van der Waals surface area (Å²) in [5.41, 5.74) is 6.81. The van der Waals surface area contributed by atoms with E-state index in [-0.39, 0.29) is 11.7 Å². The van der Waals surface area contributed by atoms with Gasteiger partial charge in [-0.2, -0.15) is 5.10 Å². The highest BCUT2D eigenvalue weighted by Crippen LogP contribution is 2.32. The number of aromatic amines is 2. The van der Waals surface area contributed by atoms with Crippen molar-refractivity contribution in [3.8, 4) is 33.9 Å². The first-order chi connectivity index (χ1) is 18.0. The van der Waals surface area contributed by atoms with Crippen LogP contribution >= 0.6 is 0 Å². The van der Waals surface area contributed by atoms with E-state index in [2.05, 4.69) is 35.5 Å². The minimum Gasteiger partial charge on any atom is -0.336 e. The normalized spacial score (nSPS) is 11.3. The fraction of sp³-hybridized carbons (Fsp3) is 0.111. The summed E-state index contributed by atoms with van der Waals surface area (Å²) in [6, 6.07) is 10.4. The van der Waals surface area contributed by atoms with Gasteiger partial charge in [0.05, 0.1) is 28.5 Å². The van der Waals surface area contributed by atoms with Crippen LogP contribution in [0.4, 0.5) is 10.1 Å². The van der Waals surface area contributed by atoms with Crippen LogP contribution in [0.1, 0.15) is 18.9 Å². The van der Waals surface area contributed by atoms with Gasteiger partial charge in [0.15, 0.2) is 11.5 Å². The average molecular weight is 493 g/mol. The molecule has 0 fully saturated rings. The molecule has 0 radical (unpaired) electrons. The molecule has 0 aliphatic heterocycles. The van der Waals surface area contributed by atoms with E-state index < -0.39 is 0 Å². The molecule has 1 amide bonds. The van der Waals surface area contributed by atoms with Crippen molar-refractivity contribution in [1.82, 2.24) is 35.1 Å². The van der Waals surface area contributed by atoms with E-state index in [1.807, 2.05) is 31.2 Å². The van der Waals surface area contributed by atoms with Crippen LogP contribution in [0, 0.1) is 12.7 Å². The van der Waals surface area contributed by atoms with E-state index in [4.69, 9.17) is 4.98 Å². The monoisotopic (exact) mass is 492 g/mol. The molecule has 0 saturated carbocycles. The van der Waals surface area contributed by atoms with Gasteiger partial charge in [-0.1, -0.05) is 6.92 Å². The van der Waals surface area contributed by atoms with Crippen LogP contribution in [0.3, 0.4) is 0 Å². The number of benzene rings is 1. The van der Waals surface area contributed by atoms with Crippen molar-refractivity contribution in [1.29, 1.82) is 0 Å². The number of hydrogen-bond acceptors (Lipinski definition) is 6. The summed E-state index contributed by atoms with van der Waals surface area (Å²) < 4.78 is 14.1. The van der Waals surface area contributed by atoms with Gasteiger partial charge in [0, 0.05) is 41.7 Å². The predicted molar refractivity (Wildman–Crippen MR) is 139 cm³/mol. The summed E-state index contributed by atoms with van der Waals surface area (Å²) in [6.07, 6.45) is 7.08. The van der Waals surface area contributed by atoms with Crippen LogP contribution in [0.25, 0.3) is 56.0 Å². The Morgan fingerprint density at radius 1 is 1.00 bits per heavy atom. The molecule has 6 rings (SSSR count). The summed E-state index contributed by atoms with van der Waals surface area (Å²) in [7, 11) is 0. The number of H-pyrrole nitrogens is 2. The van der Waals surface area contributed by atoms with E-state index in [1.165, 1.54) is 12.1 Å². The van der Waals surface area contributed by atoms with Crippen LogP contribution in [-0.4, -0.2) is 41.0 Å². The van der Waals surface area contributed by atoms with E-state index >= 15 is 0 Å². The van der Waals surface area contributed by atoms with E-state index in [9.17, 15) is 9.18 Å². The van der Waals surface area contributed by atoms with Gasteiger partial charge in [0.2, 0.25) is 5.91 Å². The van der Waals surface area contributed by atoms with Crippen molar-refractivity contribution in [3.63, 3.8) is 0 Å². The smallest absolute Gasteiger partial charge is 0.224 e. The predicted octanol–water partition coefficient (Wildman–Crippen LogP) is 5.42. The summed E-state index contributed by atoms with van der Waals surface area (Å²) in [4.78, 5) is 33.2. The Morgan fingerprint density at radius 2 is 1.86 bits per heavy atom. The third kappa shape index (κ3) is 4.18. The summed E-state index contributed by atoms with van der Waals surface area (Å²) >= 11 is 0. The highest BCUT2D eigenvalue weighted by atomic mass is 19.1. The highest BCUT2D eigenvalue weighted by Gasteiger charge is 2.17. The van der Waals surface area contributed by atoms with E-state index in [0.717, 1.165) is 27.6 Å². The molecule has 0 bridgehead atoms. The number of hydrogen-bond donors (Lipinski definition) is 3. The molecule has 0 saturated heterocycles. The first-order valence-corrected chi connectivity index (χ1v) is 11.7. The van der Waals surface area contributed by atoms with Crippen molar-refractivity contribution in [2.24, 2.45) is 0 Å². The largest absolute Gasteiger partial charge is 0.336 e. The topological polar surface area (TPSA) is 125 Å². The summed E-state index contributed by atoms with van der Waals surface area (Å²) in [5.74, 6) is 0.121. The Hall–Kier alpha value is -4.99. The molecule has 0 atom stereocenters. The Balaban J connectivity index is 1.43. The molecule has 37 heavy (non-hydrogen) atoms. The zero-order chi connectivity index (χ0) is 25.5. The second kappa shape index (κ2) is 8.90. The third-order valence-corrected chi connectivity index (χ3v) is 6.03. The van der Waals surface area contributed by atoms with Gasteiger partial charge in [0.1, 0.15) is 17.0 Å². The lowest BCUT2D eigenvalue weighted by molar-refractivity contribution is -0.115. The number of rotatable bonds is 5. The highest BCUT2D eigenvalue weighted by molar-refractivity contribution is 5.96. The number of aromatic nitrogens is 7. The van der Waals surface area contributed by atoms with Crippen LogP contribution in [0.15, 0.2) is 61.2 Å². The lowest BCUT2D eigenvalue weighted by atomic mass is 10.1. The molecule has 182 valence electrons. The Morgan fingerprint density at radius 3 is 2.70 bits per heavy atom. The Kier molecular flexibility index (Phi) is 5.41. The Bertz CT molecular complexity index is 1790. The zero-order valence-electron chi connectivity index (χ0n) is 20.0. The molecule has 9 nitrogen and oxygen atoms in total. The number of nitrogens with zero attached hydrogens (tertiary/aromatic N) is 5. The number of fused-ring (bicyclic) bond motifs is 2. The number of halogens is 1. The van der Waals surface area contributed by atoms with Gasteiger partial charge in [0.25, 0.3) is 0 Å². The molecular formula is C27H21FN8O. The molecule has 1 aromatic carbocycles. The maximum atomic E-state index is 14.1. The molecule has 3 N–H and O–H groups in total. The standard InChI is InChI=1S/C27H21FN8O/c1-3-22(37)32-19-9-16(11-29-13-19)17-10-20-24(35-36-26(20)31-12-17)27-33-21-4-5-30-23(25(21)34-27)15-6-14(2)7-18(28)8-15/h4-13H,3H2,1-2H3,(H,32,37)(H,33,34)(H,31,35,36). The minimum absolute atomic E-state index is 0.0863. The molecule has 0 aliphatic rings. The molecule has 0 aliphatic carbocycles. The second-order valence-corrected chi connectivity index (χ2v) is 8.71. The lowest BCUT2D eigenvalue weighted by Crippen LogP contribution is -2.09. The quantitative estimate of drug-likeness (QED) is 0.295. The van der Waals surface area contributed by atoms with Crippen LogP contribution < -0.4 is 5.32 Å². The minimum atomic E-state index is -0.325. The number of amides is 1. The lowest BCUT2D eigenvalue weighted by Gasteiger charge is -2.06. The van der Waals surface area contributed by atoms with Crippen molar-refractivity contribution in [2.75, 3.05) is 5.32 Å². The van der Waals surface area contributed by atoms with Crippen molar-refractivity contribution in [2.45, 2.75) is 20.3 Å². The first kappa shape index (κ1) is 22.5. The van der Waals surface area contributed by atoms with Crippen molar-refractivity contribution < 1.29 is 9.18 Å². The SMILES string of the molecule is CCC(=O)Nc1cncc(-c2cnc3[nH]nc(-c4nc5c(-c6cc(C)cc(F)c6)nccc5[nH]4)c3c2)c1. The van der Waals surface area contributed by atoms with Gasteiger partial charge in [-0.3, -0.25) is 19.9 Å². The number of pyridine rings is 3. The number of aryl methyl sites for hydroxylation is 1. The van der Waals surface area contributed by atoms with E-state index in [0.29, 0.717) is 46.0 Å². The number of imidazole rings is 1. The van der Waals surface area contributed by atoms with Gasteiger partial charge < -0.3 is 10.3 Å². The molecule has 0 unspecified atom stereocenters. The van der Waals surface area contributed by atoms with Gasteiger partial charge in [-0.25, -0.2) is 14.4 Å².